The standard InChI is InChI=1S/C18H18ClN3O/c1-12-3-8-17-21-16(9-18(23)22(17)11-12)10-20-13(2)14-4-6-15(19)7-5-14/h3-9,11,13,20H,10H2,1-2H3/t13-/m0/s1. The van der Waals surface area contributed by atoms with Gasteiger partial charge in [-0.25, -0.2) is 4.98 Å². The summed E-state index contributed by atoms with van der Waals surface area (Å²) in [7, 11) is 0. The van der Waals surface area contributed by atoms with Gasteiger partial charge in [-0.2, -0.15) is 0 Å². The van der Waals surface area contributed by atoms with E-state index in [9.17, 15) is 4.79 Å². The quantitative estimate of drug-likeness (QED) is 0.797. The van der Waals surface area contributed by atoms with Crippen LogP contribution in [0.5, 0.6) is 0 Å². The van der Waals surface area contributed by atoms with Crippen LogP contribution in [0.25, 0.3) is 5.65 Å². The molecule has 0 amide bonds. The molecule has 1 aromatic carbocycles. The Morgan fingerprint density at radius 3 is 2.70 bits per heavy atom. The maximum Gasteiger partial charge on any atom is 0.258 e. The van der Waals surface area contributed by atoms with Crippen LogP contribution in [0.1, 0.15) is 29.8 Å². The molecule has 0 bridgehead atoms. The first-order chi connectivity index (χ1) is 11.0. The Labute approximate surface area is 139 Å². The number of aromatic nitrogens is 2. The molecule has 0 saturated heterocycles. The normalized spacial score (nSPS) is 12.5. The zero-order chi connectivity index (χ0) is 16.4. The number of aryl methyl sites for hydroxylation is 1. The Kier molecular flexibility index (Phi) is 4.46. The molecule has 0 aliphatic rings. The maximum absolute atomic E-state index is 12.2. The molecule has 0 spiro atoms. The van der Waals surface area contributed by atoms with E-state index in [2.05, 4.69) is 17.2 Å². The Bertz CT molecular complexity index is 887. The van der Waals surface area contributed by atoms with Crippen molar-refractivity contribution >= 4 is 17.2 Å². The molecule has 3 rings (SSSR count). The number of fused-ring (bicyclic) bond motifs is 1. The molecule has 23 heavy (non-hydrogen) atoms. The van der Waals surface area contributed by atoms with Crippen molar-refractivity contribution in [1.82, 2.24) is 14.7 Å². The third-order valence-electron chi connectivity index (χ3n) is 3.82. The summed E-state index contributed by atoms with van der Waals surface area (Å²) in [5, 5.41) is 4.11. The van der Waals surface area contributed by atoms with Crippen LogP contribution in [-0.2, 0) is 6.54 Å². The van der Waals surface area contributed by atoms with Gasteiger partial charge in [0.15, 0.2) is 0 Å². The third-order valence-corrected chi connectivity index (χ3v) is 4.07. The highest BCUT2D eigenvalue weighted by Gasteiger charge is 2.07. The van der Waals surface area contributed by atoms with Crippen molar-refractivity contribution in [2.45, 2.75) is 26.4 Å². The summed E-state index contributed by atoms with van der Waals surface area (Å²) in [5.74, 6) is 0. The summed E-state index contributed by atoms with van der Waals surface area (Å²) in [6.07, 6.45) is 1.80. The lowest BCUT2D eigenvalue weighted by Gasteiger charge is -2.14. The molecule has 0 aliphatic carbocycles. The van der Waals surface area contributed by atoms with Crippen molar-refractivity contribution in [3.05, 3.63) is 80.9 Å². The van der Waals surface area contributed by atoms with Crippen molar-refractivity contribution in [3.63, 3.8) is 0 Å². The van der Waals surface area contributed by atoms with E-state index in [4.69, 9.17) is 11.6 Å². The number of nitrogens with zero attached hydrogens (tertiary/aromatic N) is 2. The third kappa shape index (κ3) is 3.60. The first-order valence-corrected chi connectivity index (χ1v) is 7.88. The Balaban J connectivity index is 1.78. The SMILES string of the molecule is Cc1ccc2nc(CN[C@@H](C)c3ccc(Cl)cc3)cc(=O)n2c1. The summed E-state index contributed by atoms with van der Waals surface area (Å²) in [6.45, 7) is 4.55. The second kappa shape index (κ2) is 6.52. The van der Waals surface area contributed by atoms with Gasteiger partial charge in [0, 0.05) is 29.9 Å². The van der Waals surface area contributed by atoms with Gasteiger partial charge in [0.05, 0.1) is 5.69 Å². The molecular weight excluding hydrogens is 310 g/mol. The lowest BCUT2D eigenvalue weighted by atomic mass is 10.1. The minimum atomic E-state index is -0.0605. The first-order valence-electron chi connectivity index (χ1n) is 7.51. The molecule has 0 unspecified atom stereocenters. The highest BCUT2D eigenvalue weighted by atomic mass is 35.5. The summed E-state index contributed by atoms with van der Waals surface area (Å²) < 4.78 is 1.57. The van der Waals surface area contributed by atoms with E-state index in [1.54, 1.807) is 16.7 Å². The van der Waals surface area contributed by atoms with Gasteiger partial charge in [-0.3, -0.25) is 9.20 Å². The fourth-order valence-electron chi connectivity index (χ4n) is 2.48. The van der Waals surface area contributed by atoms with Gasteiger partial charge in [0.1, 0.15) is 5.65 Å². The molecule has 1 atom stereocenters. The second-order valence-electron chi connectivity index (χ2n) is 5.67. The Morgan fingerprint density at radius 1 is 1.22 bits per heavy atom. The number of nitrogens with one attached hydrogen (secondary N) is 1. The van der Waals surface area contributed by atoms with Gasteiger partial charge in [0.25, 0.3) is 5.56 Å². The number of benzene rings is 1. The molecular formula is C18H18ClN3O. The molecule has 0 aliphatic heterocycles. The van der Waals surface area contributed by atoms with E-state index in [0.29, 0.717) is 12.2 Å². The molecule has 2 aromatic heterocycles. The molecule has 0 fully saturated rings. The van der Waals surface area contributed by atoms with Crippen LogP contribution in [0.2, 0.25) is 5.02 Å². The van der Waals surface area contributed by atoms with Crippen LogP contribution in [0.4, 0.5) is 0 Å². The highest BCUT2D eigenvalue weighted by molar-refractivity contribution is 6.30. The summed E-state index contributed by atoms with van der Waals surface area (Å²) in [4.78, 5) is 16.7. The zero-order valence-corrected chi connectivity index (χ0v) is 13.8. The smallest absolute Gasteiger partial charge is 0.258 e. The van der Waals surface area contributed by atoms with Crippen LogP contribution >= 0.6 is 11.6 Å². The minimum absolute atomic E-state index is 0.0605. The number of pyridine rings is 1. The molecule has 0 radical (unpaired) electrons. The van der Waals surface area contributed by atoms with Crippen molar-refractivity contribution in [3.8, 4) is 0 Å². The van der Waals surface area contributed by atoms with Gasteiger partial charge in [-0.05, 0) is 43.2 Å². The van der Waals surface area contributed by atoms with Crippen molar-refractivity contribution in [2.24, 2.45) is 0 Å². The predicted octanol–water partition coefficient (Wildman–Crippen LogP) is 3.51. The zero-order valence-electron chi connectivity index (χ0n) is 13.1. The largest absolute Gasteiger partial charge is 0.305 e. The van der Waals surface area contributed by atoms with Gasteiger partial charge in [0.2, 0.25) is 0 Å². The van der Waals surface area contributed by atoms with Crippen molar-refractivity contribution < 1.29 is 0 Å². The molecule has 118 valence electrons. The fourth-order valence-corrected chi connectivity index (χ4v) is 2.60. The molecule has 1 N–H and O–H groups in total. The van der Waals surface area contributed by atoms with E-state index < -0.39 is 0 Å². The lowest BCUT2D eigenvalue weighted by Crippen LogP contribution is -2.22. The summed E-state index contributed by atoms with van der Waals surface area (Å²) in [6, 6.07) is 13.3. The number of hydrogen-bond donors (Lipinski definition) is 1. The van der Waals surface area contributed by atoms with Crippen LogP contribution < -0.4 is 10.9 Å². The Hall–Kier alpha value is -2.17. The Morgan fingerprint density at radius 2 is 1.96 bits per heavy atom. The van der Waals surface area contributed by atoms with E-state index in [1.807, 2.05) is 43.3 Å². The monoisotopic (exact) mass is 327 g/mol. The predicted molar refractivity (Wildman–Crippen MR) is 92.9 cm³/mol. The van der Waals surface area contributed by atoms with E-state index in [0.717, 1.165) is 21.8 Å². The molecule has 5 heteroatoms. The molecule has 0 saturated carbocycles. The fraction of sp³-hybridized carbons (Fsp3) is 0.222. The number of hydrogen-bond acceptors (Lipinski definition) is 3. The van der Waals surface area contributed by atoms with Crippen LogP contribution in [-0.4, -0.2) is 9.38 Å². The maximum atomic E-state index is 12.2. The van der Waals surface area contributed by atoms with Crippen LogP contribution in [0.15, 0.2) is 53.5 Å². The van der Waals surface area contributed by atoms with E-state index in [1.165, 1.54) is 0 Å². The van der Waals surface area contributed by atoms with E-state index in [-0.39, 0.29) is 11.6 Å². The number of rotatable bonds is 4. The molecule has 2 heterocycles. The first kappa shape index (κ1) is 15.7. The highest BCUT2D eigenvalue weighted by Crippen LogP contribution is 2.16. The van der Waals surface area contributed by atoms with Gasteiger partial charge >= 0.3 is 0 Å². The van der Waals surface area contributed by atoms with Crippen molar-refractivity contribution in [2.75, 3.05) is 0 Å². The average molecular weight is 328 g/mol. The van der Waals surface area contributed by atoms with Crippen molar-refractivity contribution in [1.29, 1.82) is 0 Å². The molecule has 3 aromatic rings. The average Bonchev–Trinajstić information content (AvgIpc) is 2.54. The second-order valence-corrected chi connectivity index (χ2v) is 6.11. The lowest BCUT2D eigenvalue weighted by molar-refractivity contribution is 0.567. The van der Waals surface area contributed by atoms with Gasteiger partial charge in [-0.1, -0.05) is 29.8 Å². The van der Waals surface area contributed by atoms with Crippen LogP contribution in [0, 0.1) is 6.92 Å². The summed E-state index contributed by atoms with van der Waals surface area (Å²) in [5.41, 5.74) is 3.51. The number of halogens is 1. The summed E-state index contributed by atoms with van der Waals surface area (Å²) >= 11 is 5.91. The van der Waals surface area contributed by atoms with E-state index >= 15 is 0 Å². The molecule has 4 nitrogen and oxygen atoms in total. The topological polar surface area (TPSA) is 46.4 Å². The van der Waals surface area contributed by atoms with Crippen LogP contribution in [0.3, 0.4) is 0 Å². The minimum Gasteiger partial charge on any atom is -0.305 e. The van der Waals surface area contributed by atoms with Gasteiger partial charge < -0.3 is 5.32 Å². The van der Waals surface area contributed by atoms with Gasteiger partial charge in [-0.15, -0.1) is 0 Å².